The molecule has 2 heterocycles. The maximum absolute atomic E-state index is 11.3. The fraction of sp³-hybridized carbons (Fsp3) is 0. The van der Waals surface area contributed by atoms with Crippen LogP contribution in [0.5, 0.6) is 0 Å². The Labute approximate surface area is 106 Å². The van der Waals surface area contributed by atoms with E-state index in [4.69, 9.17) is 0 Å². The fourth-order valence-corrected chi connectivity index (χ4v) is 1.98. The Hall–Kier alpha value is 0.0600. The zero-order valence-electron chi connectivity index (χ0n) is 5.89. The van der Waals surface area contributed by atoms with Crippen molar-refractivity contribution in [2.24, 2.45) is 0 Å². The van der Waals surface area contributed by atoms with Crippen LogP contribution in [-0.2, 0) is 0 Å². The minimum absolute atomic E-state index is 0. The van der Waals surface area contributed by atoms with Crippen molar-refractivity contribution in [1.29, 1.82) is 0 Å². The summed E-state index contributed by atoms with van der Waals surface area (Å²) in [5, 5.41) is 0. The first kappa shape index (κ1) is 11.1. The number of aromatic nitrogens is 2. The Morgan fingerprint density at radius 1 is 1.31 bits per heavy atom. The van der Waals surface area contributed by atoms with Crippen molar-refractivity contribution < 1.29 is 0 Å². The first-order valence-corrected chi connectivity index (χ1v) is 4.47. The van der Waals surface area contributed by atoms with Crippen molar-refractivity contribution in [3.63, 3.8) is 0 Å². The third kappa shape index (κ3) is 2.30. The van der Waals surface area contributed by atoms with Crippen molar-refractivity contribution in [2.45, 2.75) is 4.21 Å². The van der Waals surface area contributed by atoms with Gasteiger partial charge in [-0.15, -0.1) is 24.0 Å². The molecule has 0 bridgehead atoms. The van der Waals surface area contributed by atoms with Gasteiger partial charge in [-0.1, -0.05) is 0 Å². The van der Waals surface area contributed by atoms with Gasteiger partial charge in [0, 0.05) is 18.5 Å². The number of nitrogens with zero attached hydrogens (tertiary/aromatic N) is 2. The molecule has 0 saturated heterocycles. The van der Waals surface area contributed by atoms with E-state index in [2.05, 4.69) is 22.6 Å². The molecule has 3 nitrogen and oxygen atoms in total. The van der Waals surface area contributed by atoms with Crippen LogP contribution >= 0.6 is 24.0 Å². The summed E-state index contributed by atoms with van der Waals surface area (Å²) < 4.78 is 0.660. The first-order chi connectivity index (χ1) is 5.77. The summed E-state index contributed by atoms with van der Waals surface area (Å²) in [5.41, 5.74) is 0.294. The van der Waals surface area contributed by atoms with Gasteiger partial charge in [0.2, 0.25) is 5.43 Å². The SMILES string of the molecule is O=c1cc(S)sc2nccnc12.[NaH]. The summed E-state index contributed by atoms with van der Waals surface area (Å²) in [6.07, 6.45) is 3.07. The summed E-state index contributed by atoms with van der Waals surface area (Å²) in [6, 6.07) is 1.45. The van der Waals surface area contributed by atoms with Crippen LogP contribution in [0.25, 0.3) is 10.3 Å². The van der Waals surface area contributed by atoms with Crippen LogP contribution in [0.3, 0.4) is 0 Å². The molecule has 2 rings (SSSR count). The molecule has 62 valence electrons. The Morgan fingerprint density at radius 2 is 2.00 bits per heavy atom. The van der Waals surface area contributed by atoms with Crippen molar-refractivity contribution >= 4 is 63.9 Å². The van der Waals surface area contributed by atoms with Gasteiger partial charge in [0.1, 0.15) is 10.3 Å². The average molecular weight is 220 g/mol. The number of fused-ring (bicyclic) bond motifs is 1. The molecular formula is C7H5N2NaOS2. The second kappa shape index (κ2) is 4.52. The van der Waals surface area contributed by atoms with Crippen molar-refractivity contribution in [3.05, 3.63) is 28.7 Å². The van der Waals surface area contributed by atoms with Gasteiger partial charge in [-0.2, -0.15) is 0 Å². The Kier molecular flexibility index (Phi) is 3.87. The topological polar surface area (TPSA) is 42.9 Å². The third-order valence-corrected chi connectivity index (χ3v) is 2.58. The molecule has 0 N–H and O–H groups in total. The number of hydrogen-bond donors (Lipinski definition) is 1. The molecule has 2 aromatic heterocycles. The monoisotopic (exact) mass is 220 g/mol. The number of thiol groups is 1. The van der Waals surface area contributed by atoms with Gasteiger partial charge in [-0.05, 0) is 0 Å². The van der Waals surface area contributed by atoms with Gasteiger partial charge in [-0.3, -0.25) is 4.79 Å². The molecule has 6 heteroatoms. The average Bonchev–Trinajstić information content (AvgIpc) is 2.04. The molecule has 13 heavy (non-hydrogen) atoms. The van der Waals surface area contributed by atoms with Crippen molar-refractivity contribution in [1.82, 2.24) is 9.97 Å². The quantitative estimate of drug-likeness (QED) is 0.525. The van der Waals surface area contributed by atoms with E-state index >= 15 is 0 Å². The molecule has 0 aromatic carbocycles. The van der Waals surface area contributed by atoms with E-state index in [1.165, 1.54) is 23.6 Å². The van der Waals surface area contributed by atoms with E-state index in [0.717, 1.165) is 0 Å². The molecule has 0 radical (unpaired) electrons. The van der Waals surface area contributed by atoms with E-state index in [1.54, 1.807) is 6.20 Å². The van der Waals surface area contributed by atoms with Gasteiger partial charge in [0.15, 0.2) is 0 Å². The Bertz CT molecular complexity index is 485. The number of hydrogen-bond acceptors (Lipinski definition) is 5. The normalized spacial score (nSPS) is 9.62. The summed E-state index contributed by atoms with van der Waals surface area (Å²) in [6.45, 7) is 0. The first-order valence-electron chi connectivity index (χ1n) is 3.21. The standard InChI is InChI=1S/C7H4N2OS2.Na.H/c10-4-3-5(11)12-7-6(4)8-1-2-9-7;;/h1-3,11H;;. The molecule has 0 fully saturated rings. The van der Waals surface area contributed by atoms with Gasteiger partial charge >= 0.3 is 29.6 Å². The molecule has 0 unspecified atom stereocenters. The van der Waals surface area contributed by atoms with Crippen molar-refractivity contribution in [2.75, 3.05) is 0 Å². The van der Waals surface area contributed by atoms with Crippen LogP contribution in [0.1, 0.15) is 0 Å². The molecule has 0 aliphatic rings. The zero-order valence-corrected chi connectivity index (χ0v) is 7.60. The van der Waals surface area contributed by atoms with Gasteiger partial charge in [0.05, 0.1) is 4.21 Å². The molecular weight excluding hydrogens is 215 g/mol. The summed E-state index contributed by atoms with van der Waals surface area (Å²) in [4.78, 5) is 19.8. The fourth-order valence-electron chi connectivity index (χ4n) is 0.878. The summed E-state index contributed by atoms with van der Waals surface area (Å²) in [7, 11) is 0. The van der Waals surface area contributed by atoms with Crippen LogP contribution < -0.4 is 5.43 Å². The van der Waals surface area contributed by atoms with Crippen LogP contribution in [0, 0.1) is 0 Å². The Balaban J connectivity index is 0.000000845. The predicted octanol–water partition coefficient (Wildman–Crippen LogP) is 0.692. The Morgan fingerprint density at radius 3 is 2.77 bits per heavy atom. The van der Waals surface area contributed by atoms with E-state index in [9.17, 15) is 4.79 Å². The minimum atomic E-state index is -0.123. The molecule has 0 aliphatic heterocycles. The third-order valence-electron chi connectivity index (χ3n) is 1.35. The zero-order chi connectivity index (χ0) is 8.55. The molecule has 0 amide bonds. The second-order valence-corrected chi connectivity index (χ2v) is 3.97. The van der Waals surface area contributed by atoms with Crippen LogP contribution in [0.2, 0.25) is 0 Å². The van der Waals surface area contributed by atoms with Crippen molar-refractivity contribution in [3.8, 4) is 0 Å². The summed E-state index contributed by atoms with van der Waals surface area (Å²) in [5.74, 6) is 0. The molecule has 0 atom stereocenters. The molecule has 0 aliphatic carbocycles. The number of rotatable bonds is 0. The van der Waals surface area contributed by atoms with Crippen LogP contribution in [0.4, 0.5) is 0 Å². The van der Waals surface area contributed by atoms with Crippen LogP contribution in [0.15, 0.2) is 27.5 Å². The van der Waals surface area contributed by atoms with E-state index in [0.29, 0.717) is 14.6 Å². The summed E-state index contributed by atoms with van der Waals surface area (Å²) >= 11 is 5.43. The maximum atomic E-state index is 11.3. The van der Waals surface area contributed by atoms with Gasteiger partial charge in [-0.25, -0.2) is 9.97 Å². The van der Waals surface area contributed by atoms with Gasteiger partial charge in [0.25, 0.3) is 0 Å². The van der Waals surface area contributed by atoms with E-state index in [-0.39, 0.29) is 35.0 Å². The van der Waals surface area contributed by atoms with E-state index < -0.39 is 0 Å². The van der Waals surface area contributed by atoms with Crippen LogP contribution in [-0.4, -0.2) is 39.5 Å². The predicted molar refractivity (Wildman–Crippen MR) is 58.1 cm³/mol. The molecule has 2 aromatic rings. The molecule has 0 spiro atoms. The molecule has 0 saturated carbocycles. The van der Waals surface area contributed by atoms with Gasteiger partial charge < -0.3 is 0 Å². The van der Waals surface area contributed by atoms with E-state index in [1.807, 2.05) is 0 Å². The second-order valence-electron chi connectivity index (χ2n) is 2.16.